The number of carbonyl (C=O) groups excluding carboxylic acids is 2. The zero-order valence-corrected chi connectivity index (χ0v) is 23.2. The largest absolute Gasteiger partial charge is 0.495 e. The van der Waals surface area contributed by atoms with Gasteiger partial charge in [0.1, 0.15) is 18.3 Å². The van der Waals surface area contributed by atoms with Crippen molar-refractivity contribution >= 4 is 39.1 Å². The molecule has 0 aliphatic heterocycles. The maximum Gasteiger partial charge on any atom is 0.264 e. The van der Waals surface area contributed by atoms with E-state index in [1.165, 1.54) is 24.1 Å². The van der Waals surface area contributed by atoms with Crippen molar-refractivity contribution in [2.24, 2.45) is 0 Å². The van der Waals surface area contributed by atoms with E-state index >= 15 is 0 Å². The highest BCUT2D eigenvalue weighted by Crippen LogP contribution is 2.32. The SMILES string of the molecule is CCNC(=O)C(CC)N(Cc1ccccc1Cl)C(=O)CN(c1ccccc1OC)S(=O)(=O)c1ccccc1. The lowest BCUT2D eigenvalue weighted by atomic mass is 10.1. The average molecular weight is 558 g/mol. The molecule has 202 valence electrons. The number of ether oxygens (including phenoxy) is 1. The summed E-state index contributed by atoms with van der Waals surface area (Å²) in [4.78, 5) is 28.4. The molecule has 0 saturated heterocycles. The number of methoxy groups -OCH3 is 1. The Morgan fingerprint density at radius 2 is 1.58 bits per heavy atom. The number of hydrogen-bond acceptors (Lipinski definition) is 5. The van der Waals surface area contributed by atoms with Gasteiger partial charge in [-0.05, 0) is 49.2 Å². The molecule has 0 bridgehead atoms. The van der Waals surface area contributed by atoms with Gasteiger partial charge < -0.3 is 15.0 Å². The van der Waals surface area contributed by atoms with E-state index in [0.717, 1.165) is 4.31 Å². The van der Waals surface area contributed by atoms with E-state index in [1.54, 1.807) is 80.6 Å². The van der Waals surface area contributed by atoms with Crippen LogP contribution in [0.1, 0.15) is 25.8 Å². The number of nitrogens with one attached hydrogen (secondary N) is 1. The fourth-order valence-electron chi connectivity index (χ4n) is 4.09. The van der Waals surface area contributed by atoms with Crippen molar-refractivity contribution < 1.29 is 22.7 Å². The Hall–Kier alpha value is -3.56. The Morgan fingerprint density at radius 1 is 0.947 bits per heavy atom. The number of halogens is 1. The van der Waals surface area contributed by atoms with E-state index in [-0.39, 0.29) is 28.8 Å². The minimum Gasteiger partial charge on any atom is -0.495 e. The Bertz CT molecular complexity index is 1350. The Labute approximate surface area is 229 Å². The first kappa shape index (κ1) is 29.0. The van der Waals surface area contributed by atoms with Gasteiger partial charge in [-0.3, -0.25) is 13.9 Å². The zero-order valence-electron chi connectivity index (χ0n) is 21.6. The fraction of sp³-hybridized carbons (Fsp3) is 0.286. The highest BCUT2D eigenvalue weighted by Gasteiger charge is 2.34. The number of amides is 2. The van der Waals surface area contributed by atoms with Gasteiger partial charge in [-0.15, -0.1) is 0 Å². The smallest absolute Gasteiger partial charge is 0.264 e. The first-order valence-electron chi connectivity index (χ1n) is 12.3. The Balaban J connectivity index is 2.10. The lowest BCUT2D eigenvalue weighted by Crippen LogP contribution is -2.52. The van der Waals surface area contributed by atoms with Crippen LogP contribution >= 0.6 is 11.6 Å². The molecule has 0 saturated carbocycles. The topological polar surface area (TPSA) is 96.0 Å². The number of hydrogen-bond donors (Lipinski definition) is 1. The third-order valence-corrected chi connectivity index (χ3v) is 8.14. The average Bonchev–Trinajstić information content (AvgIpc) is 2.93. The van der Waals surface area contributed by atoms with Crippen molar-refractivity contribution in [1.82, 2.24) is 10.2 Å². The second-order valence-electron chi connectivity index (χ2n) is 8.43. The third-order valence-electron chi connectivity index (χ3n) is 6.00. The molecule has 0 aliphatic carbocycles. The number of benzene rings is 3. The van der Waals surface area contributed by atoms with Crippen LogP contribution in [0.3, 0.4) is 0 Å². The summed E-state index contributed by atoms with van der Waals surface area (Å²) in [6, 6.07) is 20.6. The number of nitrogens with zero attached hydrogens (tertiary/aromatic N) is 2. The van der Waals surface area contributed by atoms with Crippen molar-refractivity contribution in [3.05, 3.63) is 89.4 Å². The molecule has 8 nitrogen and oxygen atoms in total. The maximum atomic E-state index is 14.0. The summed E-state index contributed by atoms with van der Waals surface area (Å²) in [6.07, 6.45) is 0.322. The van der Waals surface area contributed by atoms with Crippen LogP contribution in [0, 0.1) is 0 Å². The van der Waals surface area contributed by atoms with Gasteiger partial charge in [-0.2, -0.15) is 0 Å². The van der Waals surface area contributed by atoms with Crippen LogP contribution in [-0.2, 0) is 26.2 Å². The first-order chi connectivity index (χ1) is 18.2. The predicted octanol–water partition coefficient (Wildman–Crippen LogP) is 4.49. The van der Waals surface area contributed by atoms with Crippen molar-refractivity contribution in [2.45, 2.75) is 37.8 Å². The van der Waals surface area contributed by atoms with Gasteiger partial charge in [-0.25, -0.2) is 8.42 Å². The van der Waals surface area contributed by atoms with Crippen LogP contribution in [0.25, 0.3) is 0 Å². The molecule has 0 radical (unpaired) electrons. The second-order valence-corrected chi connectivity index (χ2v) is 10.7. The Kier molecular flexibility index (Phi) is 10.2. The molecule has 2 amide bonds. The van der Waals surface area contributed by atoms with Crippen LogP contribution in [0.5, 0.6) is 5.75 Å². The minimum atomic E-state index is -4.18. The zero-order chi connectivity index (χ0) is 27.7. The van der Waals surface area contributed by atoms with E-state index in [2.05, 4.69) is 5.32 Å². The normalized spacial score (nSPS) is 11.9. The van der Waals surface area contributed by atoms with E-state index in [4.69, 9.17) is 16.3 Å². The van der Waals surface area contributed by atoms with E-state index < -0.39 is 28.5 Å². The molecule has 0 spiro atoms. The van der Waals surface area contributed by atoms with E-state index in [1.807, 2.05) is 0 Å². The molecule has 0 aliphatic rings. The summed E-state index contributed by atoms with van der Waals surface area (Å²) < 4.78 is 34.2. The molecule has 0 fully saturated rings. The highest BCUT2D eigenvalue weighted by atomic mass is 35.5. The Morgan fingerprint density at radius 3 is 2.21 bits per heavy atom. The molecule has 1 N–H and O–H groups in total. The van der Waals surface area contributed by atoms with Gasteiger partial charge in [0.15, 0.2) is 0 Å². The van der Waals surface area contributed by atoms with Crippen molar-refractivity contribution in [3.8, 4) is 5.75 Å². The fourth-order valence-corrected chi connectivity index (χ4v) is 5.73. The number of anilines is 1. The van der Waals surface area contributed by atoms with Gasteiger partial charge >= 0.3 is 0 Å². The molecule has 3 rings (SSSR count). The summed E-state index contributed by atoms with van der Waals surface area (Å²) >= 11 is 6.39. The summed E-state index contributed by atoms with van der Waals surface area (Å²) in [7, 11) is -2.75. The van der Waals surface area contributed by atoms with Crippen LogP contribution in [-0.4, -0.2) is 51.4 Å². The van der Waals surface area contributed by atoms with Crippen LogP contribution in [0.15, 0.2) is 83.8 Å². The summed E-state index contributed by atoms with van der Waals surface area (Å²) in [5.41, 5.74) is 0.843. The molecule has 38 heavy (non-hydrogen) atoms. The predicted molar refractivity (Wildman–Crippen MR) is 149 cm³/mol. The van der Waals surface area contributed by atoms with Crippen molar-refractivity contribution in [2.75, 3.05) is 24.5 Å². The molecule has 3 aromatic rings. The summed E-state index contributed by atoms with van der Waals surface area (Å²) in [6.45, 7) is 3.45. The standard InChI is InChI=1S/C28H32ClN3O5S/c1-4-24(28(34)30-5-2)31(19-21-13-9-10-16-23(21)29)27(33)20-32(25-17-11-12-18-26(25)37-3)38(35,36)22-14-7-6-8-15-22/h6-18,24H,4-5,19-20H2,1-3H3,(H,30,34). The number of likely N-dealkylation sites (N-methyl/N-ethyl adjacent to an activating group) is 1. The van der Waals surface area contributed by atoms with E-state index in [9.17, 15) is 18.0 Å². The number of sulfonamides is 1. The second kappa shape index (κ2) is 13.3. The quantitative estimate of drug-likeness (QED) is 0.354. The van der Waals surface area contributed by atoms with Crippen LogP contribution < -0.4 is 14.4 Å². The number of rotatable bonds is 12. The molecule has 0 aromatic heterocycles. The lowest BCUT2D eigenvalue weighted by Gasteiger charge is -2.33. The summed E-state index contributed by atoms with van der Waals surface area (Å²) in [5, 5.41) is 3.21. The van der Waals surface area contributed by atoms with Gasteiger partial charge in [0, 0.05) is 18.1 Å². The highest BCUT2D eigenvalue weighted by molar-refractivity contribution is 7.92. The molecule has 10 heteroatoms. The molecule has 0 heterocycles. The monoisotopic (exact) mass is 557 g/mol. The molecule has 3 aromatic carbocycles. The van der Waals surface area contributed by atoms with Crippen molar-refractivity contribution in [3.63, 3.8) is 0 Å². The van der Waals surface area contributed by atoms with Crippen molar-refractivity contribution in [1.29, 1.82) is 0 Å². The van der Waals surface area contributed by atoms with Gasteiger partial charge in [0.05, 0.1) is 17.7 Å². The minimum absolute atomic E-state index is 0.0205. The maximum absolute atomic E-state index is 14.0. The third kappa shape index (κ3) is 6.65. The van der Waals surface area contributed by atoms with Gasteiger partial charge in [0.2, 0.25) is 11.8 Å². The molecule has 1 atom stereocenters. The molecular formula is C28H32ClN3O5S. The number of para-hydroxylation sites is 2. The van der Waals surface area contributed by atoms with Crippen LogP contribution in [0.2, 0.25) is 5.02 Å². The van der Waals surface area contributed by atoms with E-state index in [0.29, 0.717) is 23.6 Å². The van der Waals surface area contributed by atoms with Gasteiger partial charge in [0.25, 0.3) is 10.0 Å². The van der Waals surface area contributed by atoms with Gasteiger partial charge in [-0.1, -0.05) is 67.1 Å². The summed E-state index contributed by atoms with van der Waals surface area (Å²) in [5.74, 6) is -0.605. The first-order valence-corrected chi connectivity index (χ1v) is 14.1. The molecule has 1 unspecified atom stereocenters. The molecular weight excluding hydrogens is 526 g/mol. The van der Waals surface area contributed by atoms with Crippen LogP contribution in [0.4, 0.5) is 5.69 Å². The lowest BCUT2D eigenvalue weighted by molar-refractivity contribution is -0.140. The number of carbonyl (C=O) groups is 2.